The number of carbonyl (C=O) groups excluding carboxylic acids is 1. The highest BCUT2D eigenvalue weighted by Crippen LogP contribution is 2.27. The molecule has 0 radical (unpaired) electrons. The van der Waals surface area contributed by atoms with Gasteiger partial charge in [0.25, 0.3) is 5.91 Å². The summed E-state index contributed by atoms with van der Waals surface area (Å²) < 4.78 is 1.76. The average Bonchev–Trinajstić information content (AvgIpc) is 3.16. The molecule has 0 fully saturated rings. The predicted octanol–water partition coefficient (Wildman–Crippen LogP) is 5.31. The zero-order valence-corrected chi connectivity index (χ0v) is 19.2. The fourth-order valence-corrected chi connectivity index (χ4v) is 3.66. The average molecular weight is 445 g/mol. The van der Waals surface area contributed by atoms with Crippen molar-refractivity contribution in [3.05, 3.63) is 83.3 Å². The summed E-state index contributed by atoms with van der Waals surface area (Å²) in [5.41, 5.74) is 5.14. The maximum atomic E-state index is 12.7. The van der Waals surface area contributed by atoms with Crippen molar-refractivity contribution in [3.63, 3.8) is 0 Å². The fourth-order valence-electron chi connectivity index (χ4n) is 3.28. The van der Waals surface area contributed by atoms with Gasteiger partial charge in [-0.15, -0.1) is 11.8 Å². The lowest BCUT2D eigenvalue weighted by molar-refractivity contribution is 0.102. The fraction of sp³-hybridized carbons (Fsp3) is 0.167. The molecule has 4 rings (SSSR count). The van der Waals surface area contributed by atoms with Crippen molar-refractivity contribution in [1.29, 1.82) is 0 Å². The molecule has 0 atom stereocenters. The maximum absolute atomic E-state index is 12.7. The van der Waals surface area contributed by atoms with Crippen LogP contribution < -0.4 is 10.6 Å². The van der Waals surface area contributed by atoms with Gasteiger partial charge in [-0.1, -0.05) is 23.8 Å². The van der Waals surface area contributed by atoms with E-state index in [1.807, 2.05) is 81.6 Å². The minimum Gasteiger partial charge on any atom is -0.340 e. The van der Waals surface area contributed by atoms with E-state index in [1.165, 1.54) is 6.33 Å². The lowest BCUT2D eigenvalue weighted by Crippen LogP contribution is -2.12. The van der Waals surface area contributed by atoms with E-state index in [2.05, 4.69) is 25.7 Å². The molecule has 2 aromatic carbocycles. The van der Waals surface area contributed by atoms with E-state index in [0.717, 1.165) is 33.4 Å². The number of rotatable bonds is 6. The molecule has 0 aliphatic carbocycles. The smallest absolute Gasteiger partial charge is 0.255 e. The summed E-state index contributed by atoms with van der Waals surface area (Å²) in [7, 11) is 0. The van der Waals surface area contributed by atoms with E-state index in [0.29, 0.717) is 17.1 Å². The first-order valence-electron chi connectivity index (χ1n) is 10.1. The first-order valence-corrected chi connectivity index (χ1v) is 11.3. The quantitative estimate of drug-likeness (QED) is 0.310. The van der Waals surface area contributed by atoms with E-state index in [4.69, 9.17) is 0 Å². The van der Waals surface area contributed by atoms with Gasteiger partial charge in [0.2, 0.25) is 0 Å². The normalized spacial score (nSPS) is 10.8. The number of hydrogen-bond donors (Lipinski definition) is 2. The molecule has 4 aromatic rings. The molecule has 2 N–H and O–H groups in total. The van der Waals surface area contributed by atoms with Crippen molar-refractivity contribution in [1.82, 2.24) is 19.7 Å². The minimum absolute atomic E-state index is 0.144. The Morgan fingerprint density at radius 3 is 2.62 bits per heavy atom. The molecule has 0 spiro atoms. The van der Waals surface area contributed by atoms with Crippen LogP contribution in [0.25, 0.3) is 5.82 Å². The van der Waals surface area contributed by atoms with Crippen molar-refractivity contribution < 1.29 is 4.79 Å². The maximum Gasteiger partial charge on any atom is 0.255 e. The molecule has 162 valence electrons. The Bertz CT molecular complexity index is 1280. The summed E-state index contributed by atoms with van der Waals surface area (Å²) in [5, 5.41) is 11.9. The van der Waals surface area contributed by atoms with E-state index in [1.54, 1.807) is 16.4 Å². The number of aryl methyl sites for hydroxylation is 3. The first-order chi connectivity index (χ1) is 15.4. The number of carbonyl (C=O) groups is 1. The number of nitrogens with zero attached hydrogens (tertiary/aromatic N) is 4. The van der Waals surface area contributed by atoms with Crippen LogP contribution in [0.5, 0.6) is 0 Å². The predicted molar refractivity (Wildman–Crippen MR) is 129 cm³/mol. The second-order valence-corrected chi connectivity index (χ2v) is 8.31. The minimum atomic E-state index is -0.144. The van der Waals surface area contributed by atoms with E-state index in [9.17, 15) is 4.79 Å². The van der Waals surface area contributed by atoms with Crippen LogP contribution >= 0.6 is 11.8 Å². The molecule has 32 heavy (non-hydrogen) atoms. The van der Waals surface area contributed by atoms with Gasteiger partial charge in [-0.2, -0.15) is 9.78 Å². The SMILES string of the molecule is CSc1cc(-n2nc(C)cc2Nc2cc(NC(=O)c3cccc(C)c3)ccc2C)ncn1. The van der Waals surface area contributed by atoms with Gasteiger partial charge in [0.1, 0.15) is 17.2 Å². The Morgan fingerprint density at radius 2 is 1.84 bits per heavy atom. The third-order valence-corrected chi connectivity index (χ3v) is 5.57. The molecule has 0 saturated heterocycles. The molecule has 7 nitrogen and oxygen atoms in total. The lowest BCUT2D eigenvalue weighted by Gasteiger charge is -2.14. The van der Waals surface area contributed by atoms with Crippen LogP contribution in [0.2, 0.25) is 0 Å². The Labute approximate surface area is 191 Å². The van der Waals surface area contributed by atoms with Gasteiger partial charge in [-0.25, -0.2) is 9.97 Å². The number of aromatic nitrogens is 4. The molecule has 0 bridgehead atoms. The lowest BCUT2D eigenvalue weighted by atomic mass is 10.1. The second kappa shape index (κ2) is 9.23. The number of amides is 1. The Kier molecular flexibility index (Phi) is 6.23. The van der Waals surface area contributed by atoms with Crippen LogP contribution in [0, 0.1) is 20.8 Å². The van der Waals surface area contributed by atoms with Gasteiger partial charge in [-0.05, 0) is 56.9 Å². The van der Waals surface area contributed by atoms with Gasteiger partial charge in [0.15, 0.2) is 5.82 Å². The highest BCUT2D eigenvalue weighted by Gasteiger charge is 2.13. The van der Waals surface area contributed by atoms with Crippen molar-refractivity contribution in [2.24, 2.45) is 0 Å². The zero-order chi connectivity index (χ0) is 22.7. The summed E-state index contributed by atoms with van der Waals surface area (Å²) in [5.74, 6) is 1.31. The molecular weight excluding hydrogens is 420 g/mol. The molecule has 0 aliphatic rings. The molecule has 2 aromatic heterocycles. The third-order valence-electron chi connectivity index (χ3n) is 4.92. The Hall–Kier alpha value is -3.65. The number of hydrogen-bond acceptors (Lipinski definition) is 6. The third kappa shape index (κ3) is 4.81. The van der Waals surface area contributed by atoms with Crippen LogP contribution in [0.3, 0.4) is 0 Å². The van der Waals surface area contributed by atoms with Gasteiger partial charge >= 0.3 is 0 Å². The summed E-state index contributed by atoms with van der Waals surface area (Å²) in [6.07, 6.45) is 3.51. The first kappa shape index (κ1) is 21.6. The molecule has 0 saturated carbocycles. The van der Waals surface area contributed by atoms with Gasteiger partial charge in [-0.3, -0.25) is 4.79 Å². The van der Waals surface area contributed by atoms with E-state index in [-0.39, 0.29) is 5.91 Å². The largest absolute Gasteiger partial charge is 0.340 e. The highest BCUT2D eigenvalue weighted by atomic mass is 32.2. The zero-order valence-electron chi connectivity index (χ0n) is 18.4. The van der Waals surface area contributed by atoms with Gasteiger partial charge in [0, 0.05) is 29.1 Å². The van der Waals surface area contributed by atoms with Crippen molar-refractivity contribution in [2.45, 2.75) is 25.8 Å². The van der Waals surface area contributed by atoms with Crippen LogP contribution in [0.15, 0.2) is 66.0 Å². The van der Waals surface area contributed by atoms with Crippen LogP contribution in [-0.4, -0.2) is 31.9 Å². The molecule has 0 aliphatic heterocycles. The van der Waals surface area contributed by atoms with Crippen molar-refractivity contribution in [2.75, 3.05) is 16.9 Å². The van der Waals surface area contributed by atoms with Crippen molar-refractivity contribution >= 4 is 34.9 Å². The van der Waals surface area contributed by atoms with Crippen molar-refractivity contribution in [3.8, 4) is 5.82 Å². The standard InChI is InChI=1S/C24H24N6OS/c1-15-6-5-7-18(10-15)24(31)27-19-9-8-16(2)20(12-19)28-22-11-17(3)29-30(22)21-13-23(32-4)26-14-25-21/h5-14,28H,1-4H3,(H,27,31). The van der Waals surface area contributed by atoms with E-state index >= 15 is 0 Å². The number of anilines is 3. The monoisotopic (exact) mass is 444 g/mol. The number of nitrogens with one attached hydrogen (secondary N) is 2. The van der Waals surface area contributed by atoms with Gasteiger partial charge in [0.05, 0.1) is 5.69 Å². The van der Waals surface area contributed by atoms with E-state index < -0.39 is 0 Å². The highest BCUT2D eigenvalue weighted by molar-refractivity contribution is 7.98. The molecular formula is C24H24N6OS. The van der Waals surface area contributed by atoms with Crippen LogP contribution in [0.1, 0.15) is 27.2 Å². The summed E-state index contributed by atoms with van der Waals surface area (Å²) >= 11 is 1.55. The molecule has 8 heteroatoms. The number of benzene rings is 2. The molecule has 0 unspecified atom stereocenters. The Balaban J connectivity index is 1.61. The molecule has 1 amide bonds. The summed E-state index contributed by atoms with van der Waals surface area (Å²) in [4.78, 5) is 21.3. The molecule has 2 heterocycles. The summed E-state index contributed by atoms with van der Waals surface area (Å²) in [6.45, 7) is 5.91. The Morgan fingerprint density at radius 1 is 1.00 bits per heavy atom. The summed E-state index contributed by atoms with van der Waals surface area (Å²) in [6, 6.07) is 17.2. The van der Waals surface area contributed by atoms with Crippen LogP contribution in [0.4, 0.5) is 17.2 Å². The topological polar surface area (TPSA) is 84.7 Å². The second-order valence-electron chi connectivity index (χ2n) is 7.48. The number of thioether (sulfide) groups is 1. The van der Waals surface area contributed by atoms with Gasteiger partial charge < -0.3 is 10.6 Å². The van der Waals surface area contributed by atoms with Crippen LogP contribution in [-0.2, 0) is 0 Å².